The van der Waals surface area contributed by atoms with Gasteiger partial charge in [-0.3, -0.25) is 19.5 Å². The van der Waals surface area contributed by atoms with Crippen molar-refractivity contribution in [3.05, 3.63) is 159 Å². The second-order valence-electron chi connectivity index (χ2n) is 10.8. The van der Waals surface area contributed by atoms with Crippen molar-refractivity contribution < 1.29 is 14.4 Å². The molecule has 1 atom stereocenters. The minimum absolute atomic E-state index is 0.0359. The SMILES string of the molecule is COc1ccccc1[C@H]1C2=C(N=c3s/c(=C\c4ccc(OCc5ccc([N+](=O)[O-])cc5)c(Br)c4)c(=O)n31)c1ccccc1CC2. The van der Waals surface area contributed by atoms with Crippen LogP contribution in [0.4, 0.5) is 5.69 Å². The van der Waals surface area contributed by atoms with E-state index >= 15 is 0 Å². The Hall–Kier alpha value is -4.80. The summed E-state index contributed by atoms with van der Waals surface area (Å²) >= 11 is 4.98. The number of non-ortho nitro benzene ring substituents is 1. The van der Waals surface area contributed by atoms with Gasteiger partial charge in [0.05, 0.1) is 32.8 Å². The Morgan fingerprint density at radius 3 is 2.58 bits per heavy atom. The van der Waals surface area contributed by atoms with Crippen molar-refractivity contribution in [3.8, 4) is 11.5 Å². The minimum atomic E-state index is -0.428. The molecule has 0 N–H and O–H groups in total. The smallest absolute Gasteiger partial charge is 0.271 e. The van der Waals surface area contributed by atoms with Crippen LogP contribution in [0.3, 0.4) is 0 Å². The van der Waals surface area contributed by atoms with E-state index in [1.165, 1.54) is 29.0 Å². The number of nitro benzene ring substituents is 1. The predicted octanol–water partition coefficient (Wildman–Crippen LogP) is 6.58. The molecule has 1 aliphatic carbocycles. The largest absolute Gasteiger partial charge is 0.496 e. The fourth-order valence-corrected chi connectivity index (χ4v) is 7.45. The van der Waals surface area contributed by atoms with E-state index in [-0.39, 0.29) is 23.9 Å². The van der Waals surface area contributed by atoms with E-state index in [0.717, 1.165) is 56.6 Å². The number of para-hydroxylation sites is 1. The van der Waals surface area contributed by atoms with Crippen molar-refractivity contribution in [1.29, 1.82) is 0 Å². The van der Waals surface area contributed by atoms with Crippen LogP contribution >= 0.6 is 27.3 Å². The first-order valence-corrected chi connectivity index (χ1v) is 15.9. The van der Waals surface area contributed by atoms with Gasteiger partial charge < -0.3 is 9.47 Å². The summed E-state index contributed by atoms with van der Waals surface area (Å²) in [5, 5.41) is 10.9. The molecule has 0 spiro atoms. The first-order valence-electron chi connectivity index (χ1n) is 14.3. The molecule has 10 heteroatoms. The number of hydrogen-bond acceptors (Lipinski definition) is 7. The highest BCUT2D eigenvalue weighted by atomic mass is 79.9. The molecule has 7 rings (SSSR count). The molecule has 45 heavy (non-hydrogen) atoms. The van der Waals surface area contributed by atoms with Crippen molar-refractivity contribution in [2.45, 2.75) is 25.5 Å². The molecular formula is C35H26BrN3O5S. The lowest BCUT2D eigenvalue weighted by atomic mass is 9.83. The third-order valence-electron chi connectivity index (χ3n) is 8.10. The molecule has 2 aliphatic rings. The zero-order valence-electron chi connectivity index (χ0n) is 24.1. The van der Waals surface area contributed by atoms with Gasteiger partial charge in [-0.05, 0) is 87.4 Å². The van der Waals surface area contributed by atoms with Crippen LogP contribution in [-0.4, -0.2) is 16.6 Å². The van der Waals surface area contributed by atoms with Gasteiger partial charge >= 0.3 is 0 Å². The van der Waals surface area contributed by atoms with E-state index in [1.807, 2.05) is 59.2 Å². The first kappa shape index (κ1) is 28.9. The summed E-state index contributed by atoms with van der Waals surface area (Å²) in [6.07, 6.45) is 3.56. The Labute approximate surface area is 270 Å². The maximum atomic E-state index is 14.1. The highest BCUT2D eigenvalue weighted by molar-refractivity contribution is 9.10. The van der Waals surface area contributed by atoms with E-state index in [1.54, 1.807) is 19.2 Å². The first-order chi connectivity index (χ1) is 21.9. The average Bonchev–Trinajstić information content (AvgIpc) is 3.37. The number of methoxy groups -OCH3 is 1. The van der Waals surface area contributed by atoms with Gasteiger partial charge in [0.25, 0.3) is 11.2 Å². The number of aryl methyl sites for hydroxylation is 1. The number of fused-ring (bicyclic) bond motifs is 3. The van der Waals surface area contributed by atoms with E-state index in [0.29, 0.717) is 15.1 Å². The van der Waals surface area contributed by atoms with Gasteiger partial charge in [-0.25, -0.2) is 4.99 Å². The van der Waals surface area contributed by atoms with Gasteiger partial charge in [-0.1, -0.05) is 59.9 Å². The molecule has 1 aromatic heterocycles. The molecular weight excluding hydrogens is 654 g/mol. The number of aromatic nitrogens is 1. The zero-order valence-corrected chi connectivity index (χ0v) is 26.5. The standard InChI is InChI=1S/C35H26BrN3O5S/c1-43-29-9-5-4-8-26(29)33-27-16-13-23-6-2-3-7-25(23)32(27)37-35-38(33)34(40)31(45-35)19-22-12-17-30(28(36)18-22)44-20-21-10-14-24(15-11-21)39(41)42/h2-12,14-15,17-19,33H,13,16,20H2,1H3/b31-19-/t33-/m0/s1. The van der Waals surface area contributed by atoms with Crippen LogP contribution in [0.1, 0.15) is 40.3 Å². The summed E-state index contributed by atoms with van der Waals surface area (Å²) in [6.45, 7) is 0.255. The van der Waals surface area contributed by atoms with Crippen LogP contribution in [0.5, 0.6) is 11.5 Å². The maximum Gasteiger partial charge on any atom is 0.271 e. The van der Waals surface area contributed by atoms with Crippen molar-refractivity contribution in [1.82, 2.24) is 4.57 Å². The number of hydrogen-bond donors (Lipinski definition) is 0. The summed E-state index contributed by atoms with van der Waals surface area (Å²) in [6, 6.07) is 27.8. The topological polar surface area (TPSA) is 96.0 Å². The molecule has 5 aromatic rings. The van der Waals surface area contributed by atoms with E-state index in [9.17, 15) is 14.9 Å². The van der Waals surface area contributed by atoms with Crippen LogP contribution in [0.15, 0.2) is 111 Å². The fourth-order valence-electron chi connectivity index (χ4n) is 5.94. The van der Waals surface area contributed by atoms with Gasteiger partial charge in [0.1, 0.15) is 18.1 Å². The number of rotatable bonds is 7. The van der Waals surface area contributed by atoms with Gasteiger partial charge in [-0.15, -0.1) is 0 Å². The molecule has 0 fully saturated rings. The molecule has 0 amide bonds. The Kier molecular flexibility index (Phi) is 7.68. The molecule has 0 saturated carbocycles. The molecule has 0 bridgehead atoms. The highest BCUT2D eigenvalue weighted by Gasteiger charge is 2.34. The summed E-state index contributed by atoms with van der Waals surface area (Å²) in [4.78, 5) is 30.4. The number of ether oxygens (including phenoxy) is 2. The Bertz CT molecular complexity index is 2190. The summed E-state index contributed by atoms with van der Waals surface area (Å²) < 4.78 is 14.9. The lowest BCUT2D eigenvalue weighted by molar-refractivity contribution is -0.384. The van der Waals surface area contributed by atoms with E-state index < -0.39 is 4.92 Å². The highest BCUT2D eigenvalue weighted by Crippen LogP contribution is 2.43. The Morgan fingerprint density at radius 2 is 1.80 bits per heavy atom. The van der Waals surface area contributed by atoms with Crippen LogP contribution in [0.25, 0.3) is 11.8 Å². The van der Waals surface area contributed by atoms with Crippen molar-refractivity contribution in [3.63, 3.8) is 0 Å². The van der Waals surface area contributed by atoms with E-state index in [4.69, 9.17) is 14.5 Å². The molecule has 2 heterocycles. The number of halogens is 1. The minimum Gasteiger partial charge on any atom is -0.496 e. The monoisotopic (exact) mass is 679 g/mol. The van der Waals surface area contributed by atoms with Gasteiger partial charge in [0.15, 0.2) is 4.80 Å². The Morgan fingerprint density at radius 1 is 1.02 bits per heavy atom. The molecule has 0 unspecified atom stereocenters. The molecule has 1 aliphatic heterocycles. The third-order valence-corrected chi connectivity index (χ3v) is 9.70. The second-order valence-corrected chi connectivity index (χ2v) is 12.6. The zero-order chi connectivity index (χ0) is 31.1. The lowest BCUT2D eigenvalue weighted by Gasteiger charge is -2.31. The van der Waals surface area contributed by atoms with Crippen molar-refractivity contribution in [2.24, 2.45) is 4.99 Å². The van der Waals surface area contributed by atoms with E-state index in [2.05, 4.69) is 34.1 Å². The normalized spacial score (nSPS) is 15.5. The number of allylic oxidation sites excluding steroid dienone is 1. The predicted molar refractivity (Wildman–Crippen MR) is 177 cm³/mol. The molecule has 0 radical (unpaired) electrons. The van der Waals surface area contributed by atoms with Gasteiger partial charge in [0, 0.05) is 23.3 Å². The van der Waals surface area contributed by atoms with Crippen LogP contribution in [0.2, 0.25) is 0 Å². The second kappa shape index (κ2) is 11.9. The number of benzene rings is 4. The summed E-state index contributed by atoms with van der Waals surface area (Å²) in [7, 11) is 1.66. The molecule has 224 valence electrons. The molecule has 4 aromatic carbocycles. The lowest BCUT2D eigenvalue weighted by Crippen LogP contribution is -2.39. The van der Waals surface area contributed by atoms with Crippen LogP contribution in [-0.2, 0) is 13.0 Å². The molecule has 0 saturated heterocycles. The molecule has 8 nitrogen and oxygen atoms in total. The summed E-state index contributed by atoms with van der Waals surface area (Å²) in [5.74, 6) is 1.35. The average molecular weight is 681 g/mol. The van der Waals surface area contributed by atoms with Crippen molar-refractivity contribution >= 4 is 44.7 Å². The van der Waals surface area contributed by atoms with Crippen LogP contribution in [0, 0.1) is 10.1 Å². The Balaban J connectivity index is 1.27. The number of nitro groups is 1. The van der Waals surface area contributed by atoms with Gasteiger partial charge in [-0.2, -0.15) is 0 Å². The third kappa shape index (κ3) is 5.40. The van der Waals surface area contributed by atoms with Crippen molar-refractivity contribution in [2.75, 3.05) is 7.11 Å². The number of thiazole rings is 1. The fraction of sp³-hybridized carbons (Fsp3) is 0.143. The van der Waals surface area contributed by atoms with Gasteiger partial charge in [0.2, 0.25) is 0 Å². The number of nitrogens with zero attached hydrogens (tertiary/aromatic N) is 3. The summed E-state index contributed by atoms with van der Waals surface area (Å²) in [5.41, 5.74) is 6.95. The quantitative estimate of drug-likeness (QED) is 0.143. The van der Waals surface area contributed by atoms with Crippen LogP contribution < -0.4 is 24.4 Å². The maximum absolute atomic E-state index is 14.1.